The number of ether oxygens (including phenoxy) is 1. The molecule has 1 aromatic carbocycles. The van der Waals surface area contributed by atoms with Gasteiger partial charge in [0.15, 0.2) is 0 Å². The molecule has 1 unspecified atom stereocenters. The molecule has 0 aliphatic rings. The van der Waals surface area contributed by atoms with Gasteiger partial charge in [0.25, 0.3) is 0 Å². The van der Waals surface area contributed by atoms with Crippen molar-refractivity contribution in [1.29, 1.82) is 0 Å². The highest BCUT2D eigenvalue weighted by molar-refractivity contribution is 7.99. The summed E-state index contributed by atoms with van der Waals surface area (Å²) in [6.45, 7) is 4.56. The van der Waals surface area contributed by atoms with Gasteiger partial charge in [0.2, 0.25) is 0 Å². The first kappa shape index (κ1) is 13.9. The van der Waals surface area contributed by atoms with E-state index in [-0.39, 0.29) is 11.7 Å². The van der Waals surface area contributed by atoms with Gasteiger partial charge in [0, 0.05) is 11.0 Å². The summed E-state index contributed by atoms with van der Waals surface area (Å²) in [7, 11) is 0. The molecule has 0 aliphatic heterocycles. The van der Waals surface area contributed by atoms with Crippen LogP contribution in [0, 0.1) is 0 Å². The van der Waals surface area contributed by atoms with E-state index in [1.807, 2.05) is 38.1 Å². The van der Waals surface area contributed by atoms with Gasteiger partial charge in [-0.3, -0.25) is 4.79 Å². The van der Waals surface area contributed by atoms with Crippen molar-refractivity contribution in [2.75, 3.05) is 6.61 Å². The molecule has 3 nitrogen and oxygen atoms in total. The number of carboxylic acids is 1. The van der Waals surface area contributed by atoms with Crippen LogP contribution in [0.15, 0.2) is 24.3 Å². The highest BCUT2D eigenvalue weighted by atomic mass is 32.2. The largest absolute Gasteiger partial charge is 0.494 e. The Balaban J connectivity index is 2.38. The van der Waals surface area contributed by atoms with E-state index in [4.69, 9.17) is 9.84 Å². The average Bonchev–Trinajstić information content (AvgIpc) is 2.28. The van der Waals surface area contributed by atoms with Crippen LogP contribution in [-0.2, 0) is 10.5 Å². The highest BCUT2D eigenvalue weighted by Gasteiger charge is 2.07. The molecule has 0 fully saturated rings. The Kier molecular flexibility index (Phi) is 5.91. The number of carbonyl (C=O) groups is 1. The maximum Gasteiger partial charge on any atom is 0.304 e. The van der Waals surface area contributed by atoms with E-state index in [1.54, 1.807) is 11.8 Å². The van der Waals surface area contributed by atoms with Gasteiger partial charge in [-0.1, -0.05) is 19.1 Å². The number of benzene rings is 1. The Morgan fingerprint density at radius 1 is 1.41 bits per heavy atom. The predicted molar refractivity (Wildman–Crippen MR) is 70.6 cm³/mol. The van der Waals surface area contributed by atoms with Gasteiger partial charge in [0.1, 0.15) is 5.75 Å². The molecule has 0 amide bonds. The first-order chi connectivity index (χ1) is 8.11. The predicted octanol–water partition coefficient (Wildman–Crippen LogP) is 3.18. The van der Waals surface area contributed by atoms with E-state index >= 15 is 0 Å². The summed E-state index contributed by atoms with van der Waals surface area (Å²) in [6, 6.07) is 7.93. The minimum Gasteiger partial charge on any atom is -0.494 e. The fourth-order valence-corrected chi connectivity index (χ4v) is 2.32. The van der Waals surface area contributed by atoms with Gasteiger partial charge in [-0.15, -0.1) is 0 Å². The van der Waals surface area contributed by atoms with Crippen LogP contribution in [-0.4, -0.2) is 22.9 Å². The first-order valence-electron chi connectivity index (χ1n) is 5.67. The normalized spacial score (nSPS) is 12.1. The molecule has 94 valence electrons. The monoisotopic (exact) mass is 254 g/mol. The number of rotatable bonds is 7. The van der Waals surface area contributed by atoms with Crippen LogP contribution in [0.1, 0.15) is 25.8 Å². The van der Waals surface area contributed by atoms with E-state index < -0.39 is 5.97 Å². The summed E-state index contributed by atoms with van der Waals surface area (Å²) in [6.07, 6.45) is 0.210. The molecule has 0 aliphatic carbocycles. The second-order valence-corrected chi connectivity index (χ2v) is 5.22. The Morgan fingerprint density at radius 3 is 2.59 bits per heavy atom. The maximum absolute atomic E-state index is 10.5. The van der Waals surface area contributed by atoms with E-state index in [0.29, 0.717) is 6.61 Å². The van der Waals surface area contributed by atoms with Crippen molar-refractivity contribution in [2.45, 2.75) is 31.3 Å². The molecule has 1 atom stereocenters. The topological polar surface area (TPSA) is 46.5 Å². The highest BCUT2D eigenvalue weighted by Crippen LogP contribution is 2.21. The van der Waals surface area contributed by atoms with Crippen LogP contribution in [0.4, 0.5) is 0 Å². The zero-order valence-corrected chi connectivity index (χ0v) is 11.0. The van der Waals surface area contributed by atoms with E-state index in [9.17, 15) is 4.79 Å². The molecule has 17 heavy (non-hydrogen) atoms. The lowest BCUT2D eigenvalue weighted by molar-refractivity contribution is -0.136. The molecule has 0 radical (unpaired) electrons. The van der Waals surface area contributed by atoms with Gasteiger partial charge in [-0.2, -0.15) is 11.8 Å². The molecule has 0 aromatic heterocycles. The fourth-order valence-electron chi connectivity index (χ4n) is 1.39. The molecular weight excluding hydrogens is 236 g/mol. The Bertz CT molecular complexity index is 348. The lowest BCUT2D eigenvalue weighted by Crippen LogP contribution is -2.05. The molecule has 1 rings (SSSR count). The second-order valence-electron chi connectivity index (χ2n) is 3.80. The van der Waals surface area contributed by atoms with Crippen molar-refractivity contribution < 1.29 is 14.6 Å². The molecule has 0 bridgehead atoms. The molecule has 0 spiro atoms. The molecule has 0 saturated carbocycles. The van der Waals surface area contributed by atoms with Gasteiger partial charge < -0.3 is 9.84 Å². The van der Waals surface area contributed by atoms with Gasteiger partial charge in [0.05, 0.1) is 13.0 Å². The van der Waals surface area contributed by atoms with Crippen LogP contribution < -0.4 is 4.74 Å². The first-order valence-corrected chi connectivity index (χ1v) is 6.71. The van der Waals surface area contributed by atoms with Crippen molar-refractivity contribution in [3.8, 4) is 5.75 Å². The minimum atomic E-state index is -0.739. The SMILES string of the molecule is CCOc1ccc(CSC(C)CC(=O)O)cc1. The van der Waals surface area contributed by atoms with Gasteiger partial charge in [-0.25, -0.2) is 0 Å². The van der Waals surface area contributed by atoms with Crippen LogP contribution in [0.2, 0.25) is 0 Å². The maximum atomic E-state index is 10.5. The average molecular weight is 254 g/mol. The van der Waals surface area contributed by atoms with E-state index in [0.717, 1.165) is 11.5 Å². The number of carboxylic acid groups (broad SMARTS) is 1. The molecule has 1 N–H and O–H groups in total. The third kappa shape index (κ3) is 5.63. The Morgan fingerprint density at radius 2 is 2.06 bits per heavy atom. The summed E-state index contributed by atoms with van der Waals surface area (Å²) in [4.78, 5) is 10.5. The van der Waals surface area contributed by atoms with Crippen LogP contribution in [0.5, 0.6) is 5.75 Å². The summed E-state index contributed by atoms with van der Waals surface area (Å²) in [5, 5.41) is 8.78. The smallest absolute Gasteiger partial charge is 0.304 e. The molecule has 1 aromatic rings. The van der Waals surface area contributed by atoms with Crippen LogP contribution >= 0.6 is 11.8 Å². The lowest BCUT2D eigenvalue weighted by Gasteiger charge is -2.09. The van der Waals surface area contributed by atoms with Crippen molar-refractivity contribution in [3.05, 3.63) is 29.8 Å². The van der Waals surface area contributed by atoms with E-state index in [1.165, 1.54) is 5.56 Å². The van der Waals surface area contributed by atoms with Gasteiger partial charge in [-0.05, 0) is 24.6 Å². The number of hydrogen-bond acceptors (Lipinski definition) is 3. The zero-order chi connectivity index (χ0) is 12.7. The minimum absolute atomic E-state index is 0.138. The number of aliphatic carboxylic acids is 1. The summed E-state index contributed by atoms with van der Waals surface area (Å²) >= 11 is 1.66. The molecule has 4 heteroatoms. The summed E-state index contributed by atoms with van der Waals surface area (Å²) in [5.41, 5.74) is 1.19. The van der Waals surface area contributed by atoms with E-state index in [2.05, 4.69) is 0 Å². The second kappa shape index (κ2) is 7.22. The van der Waals surface area contributed by atoms with Crippen molar-refractivity contribution in [3.63, 3.8) is 0 Å². The third-order valence-corrected chi connectivity index (χ3v) is 3.47. The number of thioether (sulfide) groups is 1. The standard InChI is InChI=1S/C13H18O3S/c1-3-16-12-6-4-11(5-7-12)9-17-10(2)8-13(14)15/h4-7,10H,3,8-9H2,1-2H3,(H,14,15). The van der Waals surface area contributed by atoms with Crippen molar-refractivity contribution >= 4 is 17.7 Å². The van der Waals surface area contributed by atoms with Crippen molar-refractivity contribution in [2.24, 2.45) is 0 Å². The lowest BCUT2D eigenvalue weighted by atomic mass is 10.2. The van der Waals surface area contributed by atoms with Crippen LogP contribution in [0.25, 0.3) is 0 Å². The molecule has 0 saturated heterocycles. The summed E-state index contributed by atoms with van der Waals surface area (Å²) < 4.78 is 5.35. The molecule has 0 heterocycles. The molecular formula is C13H18O3S. The third-order valence-electron chi connectivity index (χ3n) is 2.23. The number of hydrogen-bond donors (Lipinski definition) is 1. The zero-order valence-electron chi connectivity index (χ0n) is 10.2. The van der Waals surface area contributed by atoms with Crippen molar-refractivity contribution in [1.82, 2.24) is 0 Å². The van der Waals surface area contributed by atoms with Crippen LogP contribution in [0.3, 0.4) is 0 Å². The summed E-state index contributed by atoms with van der Waals surface area (Å²) in [5.74, 6) is 0.970. The fraction of sp³-hybridized carbons (Fsp3) is 0.462. The van der Waals surface area contributed by atoms with Gasteiger partial charge >= 0.3 is 5.97 Å². The Hall–Kier alpha value is -1.16. The Labute approximate surface area is 106 Å². The quantitative estimate of drug-likeness (QED) is 0.811.